The molecule has 0 rings (SSSR count). The number of esters is 1. The zero-order chi connectivity index (χ0) is 16.7. The first-order valence-electron chi connectivity index (χ1n) is 7.61. The van der Waals surface area contributed by atoms with Gasteiger partial charge in [-0.1, -0.05) is 34.1 Å². The van der Waals surface area contributed by atoms with Crippen molar-refractivity contribution < 1.29 is 19.1 Å². The highest BCUT2D eigenvalue weighted by atomic mass is 16.6. The van der Waals surface area contributed by atoms with Crippen LogP contribution in [0.5, 0.6) is 0 Å². The van der Waals surface area contributed by atoms with Crippen molar-refractivity contribution >= 4 is 12.1 Å². The molecular weight excluding hydrogens is 270 g/mol. The van der Waals surface area contributed by atoms with Crippen molar-refractivity contribution in [3.8, 4) is 0 Å². The number of alkyl carbamates (subject to hydrolysis) is 1. The van der Waals surface area contributed by atoms with Gasteiger partial charge >= 0.3 is 12.1 Å². The smallest absolute Gasteiger partial charge is 0.408 e. The summed E-state index contributed by atoms with van der Waals surface area (Å²) in [6.07, 6.45) is 1.69. The maximum Gasteiger partial charge on any atom is 0.408 e. The molecule has 0 aromatic rings. The molecule has 5 heteroatoms. The summed E-state index contributed by atoms with van der Waals surface area (Å²) in [7, 11) is 0. The molecule has 0 saturated carbocycles. The Morgan fingerprint density at radius 3 is 2.10 bits per heavy atom. The van der Waals surface area contributed by atoms with E-state index in [1.807, 2.05) is 48.5 Å². The average Bonchev–Trinajstić information content (AvgIpc) is 2.27. The fourth-order valence-electron chi connectivity index (χ4n) is 1.53. The van der Waals surface area contributed by atoms with E-state index in [9.17, 15) is 9.59 Å². The Labute approximate surface area is 128 Å². The molecular formula is C16H31NO4. The number of unbranched alkanes of at least 4 members (excludes halogenated alkanes) is 1. The van der Waals surface area contributed by atoms with Crippen molar-refractivity contribution in [1.29, 1.82) is 0 Å². The van der Waals surface area contributed by atoms with Crippen molar-refractivity contribution in [3.63, 3.8) is 0 Å². The predicted molar refractivity (Wildman–Crippen MR) is 83.1 cm³/mol. The van der Waals surface area contributed by atoms with E-state index >= 15 is 0 Å². The van der Waals surface area contributed by atoms with Crippen LogP contribution >= 0.6 is 0 Å². The van der Waals surface area contributed by atoms with Crippen LogP contribution in [0, 0.1) is 5.41 Å². The van der Waals surface area contributed by atoms with Gasteiger partial charge in [0, 0.05) is 6.42 Å². The fourth-order valence-corrected chi connectivity index (χ4v) is 1.53. The van der Waals surface area contributed by atoms with Crippen LogP contribution in [0.1, 0.15) is 67.7 Å². The van der Waals surface area contributed by atoms with Gasteiger partial charge in [-0.3, -0.25) is 4.79 Å². The first kappa shape index (κ1) is 19.7. The van der Waals surface area contributed by atoms with Crippen molar-refractivity contribution in [3.05, 3.63) is 0 Å². The third kappa shape index (κ3) is 10.2. The summed E-state index contributed by atoms with van der Waals surface area (Å²) in [5.41, 5.74) is -0.785. The zero-order valence-electron chi connectivity index (χ0n) is 14.5. The number of hydrogen-bond donors (Lipinski definition) is 1. The average molecular weight is 301 g/mol. The lowest BCUT2D eigenvalue weighted by Gasteiger charge is -2.32. The second-order valence-electron chi connectivity index (χ2n) is 7.35. The molecule has 1 N–H and O–H groups in total. The second-order valence-corrected chi connectivity index (χ2v) is 7.35. The van der Waals surface area contributed by atoms with Crippen molar-refractivity contribution in [2.45, 2.75) is 79.4 Å². The molecule has 0 aliphatic heterocycles. The lowest BCUT2D eigenvalue weighted by molar-refractivity contribution is -0.145. The number of carbonyl (C=O) groups is 2. The van der Waals surface area contributed by atoms with Gasteiger partial charge in [0.1, 0.15) is 12.2 Å². The molecule has 0 bridgehead atoms. The molecule has 5 nitrogen and oxygen atoms in total. The van der Waals surface area contributed by atoms with Gasteiger partial charge in [-0.2, -0.15) is 0 Å². The number of amides is 1. The number of ether oxygens (including phenoxy) is 2. The van der Waals surface area contributed by atoms with Crippen LogP contribution in [-0.2, 0) is 14.3 Å². The van der Waals surface area contributed by atoms with E-state index in [4.69, 9.17) is 9.47 Å². The van der Waals surface area contributed by atoms with Gasteiger partial charge in [0.05, 0.1) is 6.04 Å². The Bertz CT molecular complexity index is 339. The Morgan fingerprint density at radius 1 is 1.10 bits per heavy atom. The molecule has 0 heterocycles. The summed E-state index contributed by atoms with van der Waals surface area (Å²) >= 11 is 0. The van der Waals surface area contributed by atoms with Crippen LogP contribution in [0.15, 0.2) is 0 Å². The number of rotatable bonds is 6. The van der Waals surface area contributed by atoms with Gasteiger partial charge in [0.2, 0.25) is 0 Å². The third-order valence-electron chi connectivity index (χ3n) is 2.88. The Balaban J connectivity index is 4.48. The van der Waals surface area contributed by atoms with Crippen molar-refractivity contribution in [2.75, 3.05) is 6.61 Å². The summed E-state index contributed by atoms with van der Waals surface area (Å²) < 4.78 is 10.5. The summed E-state index contributed by atoms with van der Waals surface area (Å²) in [5, 5.41) is 2.79. The highest BCUT2D eigenvalue weighted by Crippen LogP contribution is 2.20. The van der Waals surface area contributed by atoms with Crippen LogP contribution < -0.4 is 5.32 Å². The Morgan fingerprint density at radius 2 is 1.67 bits per heavy atom. The predicted octanol–water partition coefficient (Wildman–Crippen LogP) is 3.66. The van der Waals surface area contributed by atoms with Gasteiger partial charge in [-0.25, -0.2) is 4.79 Å². The van der Waals surface area contributed by atoms with Crippen LogP contribution in [0.3, 0.4) is 0 Å². The highest BCUT2D eigenvalue weighted by Gasteiger charge is 2.29. The largest absolute Gasteiger partial charge is 0.463 e. The van der Waals surface area contributed by atoms with E-state index in [-0.39, 0.29) is 24.0 Å². The second kappa shape index (κ2) is 8.25. The van der Waals surface area contributed by atoms with Crippen LogP contribution in [0.25, 0.3) is 0 Å². The van der Waals surface area contributed by atoms with Gasteiger partial charge in [-0.05, 0) is 32.6 Å². The maximum absolute atomic E-state index is 11.9. The van der Waals surface area contributed by atoms with Gasteiger partial charge < -0.3 is 14.8 Å². The van der Waals surface area contributed by atoms with E-state index in [0.717, 1.165) is 12.8 Å². The number of hydrogen-bond acceptors (Lipinski definition) is 4. The van der Waals surface area contributed by atoms with Crippen molar-refractivity contribution in [1.82, 2.24) is 5.32 Å². The first-order valence-corrected chi connectivity index (χ1v) is 7.61. The van der Waals surface area contributed by atoms with Crippen molar-refractivity contribution in [2.24, 2.45) is 5.41 Å². The minimum Gasteiger partial charge on any atom is -0.463 e. The molecule has 1 unspecified atom stereocenters. The van der Waals surface area contributed by atoms with E-state index in [0.29, 0.717) is 6.42 Å². The maximum atomic E-state index is 11.9. The molecule has 0 aliphatic rings. The lowest BCUT2D eigenvalue weighted by atomic mass is 9.87. The molecule has 0 fully saturated rings. The molecule has 21 heavy (non-hydrogen) atoms. The molecule has 0 aliphatic carbocycles. The summed E-state index contributed by atoms with van der Waals surface area (Å²) in [6.45, 7) is 13.6. The van der Waals surface area contributed by atoms with E-state index in [2.05, 4.69) is 5.32 Å². The van der Waals surface area contributed by atoms with Crippen LogP contribution in [0.4, 0.5) is 4.79 Å². The number of carbonyl (C=O) groups excluding carboxylic acids is 2. The summed E-state index contributed by atoms with van der Waals surface area (Å²) in [4.78, 5) is 23.4. The van der Waals surface area contributed by atoms with Crippen LogP contribution in [-0.4, -0.2) is 30.3 Å². The normalized spacial score (nSPS) is 13.5. The fraction of sp³-hybridized carbons (Fsp3) is 0.875. The first-order chi connectivity index (χ1) is 9.45. The molecule has 0 aromatic heterocycles. The highest BCUT2D eigenvalue weighted by molar-refractivity contribution is 5.70. The topological polar surface area (TPSA) is 64.6 Å². The minimum absolute atomic E-state index is 0.158. The third-order valence-corrected chi connectivity index (χ3v) is 2.88. The van der Waals surface area contributed by atoms with Gasteiger partial charge in [0.25, 0.3) is 0 Å². The quantitative estimate of drug-likeness (QED) is 0.760. The Hall–Kier alpha value is -1.26. The van der Waals surface area contributed by atoms with E-state index in [1.54, 1.807) is 0 Å². The molecule has 0 spiro atoms. The molecule has 0 aromatic carbocycles. The zero-order valence-corrected chi connectivity index (χ0v) is 14.5. The van der Waals surface area contributed by atoms with Gasteiger partial charge in [0.15, 0.2) is 0 Å². The van der Waals surface area contributed by atoms with Crippen LogP contribution in [0.2, 0.25) is 0 Å². The molecule has 1 atom stereocenters. The lowest BCUT2D eigenvalue weighted by Crippen LogP contribution is -2.48. The standard InChI is InChI=1S/C16H31NO4/c1-8-9-10-13(18)20-11-12(15(2,3)4)17-14(19)21-16(5,6)7/h12H,8-11H2,1-7H3,(H,17,19). The molecule has 1 amide bonds. The minimum atomic E-state index is -0.551. The van der Waals surface area contributed by atoms with Gasteiger partial charge in [-0.15, -0.1) is 0 Å². The molecule has 124 valence electrons. The van der Waals surface area contributed by atoms with E-state index < -0.39 is 11.7 Å². The number of nitrogens with one attached hydrogen (secondary N) is 1. The Kier molecular flexibility index (Phi) is 7.75. The molecule has 0 saturated heterocycles. The summed E-state index contributed by atoms with van der Waals surface area (Å²) in [6, 6.07) is -0.294. The summed E-state index contributed by atoms with van der Waals surface area (Å²) in [5.74, 6) is -0.225. The van der Waals surface area contributed by atoms with E-state index in [1.165, 1.54) is 0 Å². The molecule has 0 radical (unpaired) electrons. The SMILES string of the molecule is CCCCC(=O)OCC(NC(=O)OC(C)(C)C)C(C)(C)C. The monoisotopic (exact) mass is 301 g/mol.